The zero-order valence-electron chi connectivity index (χ0n) is 5.36. The fourth-order valence-electron chi connectivity index (χ4n) is 0.363. The van der Waals surface area contributed by atoms with Gasteiger partial charge in [-0.15, -0.1) is 0 Å². The van der Waals surface area contributed by atoms with Gasteiger partial charge in [0.15, 0.2) is 0 Å². The topological polar surface area (TPSA) is 9.23 Å². The van der Waals surface area contributed by atoms with Gasteiger partial charge in [0.25, 0.3) is 0 Å². The molecule has 4 heteroatoms. The number of hydrogen-bond acceptors (Lipinski definition) is 1. The van der Waals surface area contributed by atoms with Crippen molar-refractivity contribution >= 4 is 0 Å². The first-order valence-electron chi connectivity index (χ1n) is 2.43. The minimum absolute atomic E-state index is 0. The molecule has 0 atom stereocenters. The summed E-state index contributed by atoms with van der Waals surface area (Å²) in [6, 6.07) is 0. The van der Waals surface area contributed by atoms with Gasteiger partial charge in [-0.1, -0.05) is 6.92 Å². The second-order valence-electron chi connectivity index (χ2n) is 1.53. The maximum absolute atomic E-state index is 11.9. The second kappa shape index (κ2) is 5.69. The third kappa shape index (κ3) is 6.81. The molecular weight excluding hydrogens is 203 g/mol. The zero-order chi connectivity index (χ0) is 6.62. The van der Waals surface area contributed by atoms with Crippen LogP contribution < -0.4 is 0 Å². The molecule has 0 bridgehead atoms. The molecule has 0 aliphatic rings. The molecule has 0 saturated carbocycles. The minimum atomic E-state index is -3.02. The summed E-state index contributed by atoms with van der Waals surface area (Å²) in [5.74, 6) is 0. The molecule has 53 valence electrons. The molecule has 0 aliphatic carbocycles. The Bertz CT molecular complexity index is 68.0. The Hall–Kier alpha value is 0.924. The van der Waals surface area contributed by atoms with Crippen LogP contribution in [0.25, 0.3) is 0 Å². The largest absolute Gasteiger partial charge is 0.501 e. The van der Waals surface area contributed by atoms with Gasteiger partial charge in [0, 0.05) is 39.1 Å². The Morgan fingerprint density at radius 2 is 2.00 bits per heavy atom. The van der Waals surface area contributed by atoms with Crippen LogP contribution in [0, 0.1) is 7.11 Å². The van der Waals surface area contributed by atoms with Gasteiger partial charge in [0.2, 0.25) is 0 Å². The molecule has 0 heterocycles. The van der Waals surface area contributed by atoms with Gasteiger partial charge < -0.3 is 4.74 Å². The summed E-state index contributed by atoms with van der Waals surface area (Å²) in [5, 5.41) is 0. The summed E-state index contributed by atoms with van der Waals surface area (Å²) in [6.07, 6.45) is -2.87. The van der Waals surface area contributed by atoms with E-state index in [2.05, 4.69) is 11.8 Å². The van der Waals surface area contributed by atoms with Gasteiger partial charge in [0.05, 0.1) is 0 Å². The molecule has 0 spiro atoms. The summed E-state index contributed by atoms with van der Waals surface area (Å²) in [4.78, 5) is 0. The van der Waals surface area contributed by atoms with Crippen molar-refractivity contribution in [1.82, 2.24) is 0 Å². The molecule has 0 fully saturated rings. The quantitative estimate of drug-likeness (QED) is 0.651. The van der Waals surface area contributed by atoms with Crippen LogP contribution in [0.5, 0.6) is 0 Å². The third-order valence-corrected chi connectivity index (χ3v) is 0.752. The van der Waals surface area contributed by atoms with E-state index in [4.69, 9.17) is 0 Å². The molecule has 9 heavy (non-hydrogen) atoms. The van der Waals surface area contributed by atoms with Crippen molar-refractivity contribution in [3.63, 3.8) is 0 Å². The van der Waals surface area contributed by atoms with Crippen molar-refractivity contribution in [3.05, 3.63) is 7.11 Å². The van der Waals surface area contributed by atoms with E-state index in [1.165, 1.54) is 0 Å². The van der Waals surface area contributed by atoms with Crippen molar-refractivity contribution in [2.75, 3.05) is 0 Å². The number of ether oxygens (including phenoxy) is 1. The van der Waals surface area contributed by atoms with Gasteiger partial charge in [-0.3, -0.25) is 0 Å². The predicted octanol–water partition coefficient (Wildman–Crippen LogP) is 2.18. The number of rotatable bonds is 3. The Kier molecular flexibility index (Phi) is 7.96. The van der Waals surface area contributed by atoms with Crippen molar-refractivity contribution < 1.29 is 46.2 Å². The van der Waals surface area contributed by atoms with Crippen LogP contribution in [0.15, 0.2) is 0 Å². The molecule has 0 unspecified atom stereocenters. The Morgan fingerprint density at radius 3 is 2.11 bits per heavy atom. The Morgan fingerprint density at radius 1 is 1.56 bits per heavy atom. The van der Waals surface area contributed by atoms with Gasteiger partial charge >= 0.3 is 6.11 Å². The van der Waals surface area contributed by atoms with Crippen LogP contribution in [0.3, 0.4) is 0 Å². The van der Waals surface area contributed by atoms with Crippen molar-refractivity contribution in [1.29, 1.82) is 0 Å². The maximum Gasteiger partial charge on any atom is 0.327 e. The molecule has 0 amide bonds. The second-order valence-corrected chi connectivity index (χ2v) is 1.53. The number of halogens is 2. The minimum Gasteiger partial charge on any atom is -0.501 e. The van der Waals surface area contributed by atoms with E-state index in [9.17, 15) is 8.78 Å². The molecular formula is C5H9F2OY-. The summed E-state index contributed by atoms with van der Waals surface area (Å²) < 4.78 is 27.3. The number of hydrogen-bond donors (Lipinski definition) is 0. The first-order valence-corrected chi connectivity index (χ1v) is 2.43. The van der Waals surface area contributed by atoms with Crippen LogP contribution >= 0.6 is 0 Å². The zero-order valence-corrected chi connectivity index (χ0v) is 8.20. The predicted molar refractivity (Wildman–Crippen MR) is 26.3 cm³/mol. The smallest absolute Gasteiger partial charge is 0.327 e. The first-order chi connectivity index (χ1) is 3.62. The van der Waals surface area contributed by atoms with E-state index >= 15 is 0 Å². The molecule has 0 aromatic carbocycles. The van der Waals surface area contributed by atoms with Crippen LogP contribution in [-0.4, -0.2) is 6.11 Å². The standard InChI is InChI=1S/C5H9F2O.Y/c1-3-4-5(6,7)8-2;/h2-4H2,1H3;/q-1;. The van der Waals surface area contributed by atoms with E-state index in [0.717, 1.165) is 0 Å². The van der Waals surface area contributed by atoms with Crippen molar-refractivity contribution in [2.45, 2.75) is 25.9 Å². The molecule has 0 aromatic rings. The fraction of sp³-hybridized carbons (Fsp3) is 0.800. The molecule has 1 radical (unpaired) electrons. The molecule has 0 aromatic heterocycles. The van der Waals surface area contributed by atoms with Crippen LogP contribution in [-0.2, 0) is 37.4 Å². The monoisotopic (exact) mass is 212 g/mol. The normalized spacial score (nSPS) is 10.7. The van der Waals surface area contributed by atoms with Gasteiger partial charge in [-0.2, -0.15) is 8.78 Å². The average Bonchev–Trinajstić information content (AvgIpc) is 1.67. The maximum atomic E-state index is 11.9. The Labute approximate surface area is 79.0 Å². The van der Waals surface area contributed by atoms with E-state index in [0.29, 0.717) is 6.42 Å². The molecule has 0 rings (SSSR count). The van der Waals surface area contributed by atoms with Crippen LogP contribution in [0.1, 0.15) is 19.8 Å². The number of alkyl halides is 2. The van der Waals surface area contributed by atoms with Gasteiger partial charge in [-0.25, -0.2) is 7.11 Å². The van der Waals surface area contributed by atoms with Crippen molar-refractivity contribution in [2.24, 2.45) is 0 Å². The summed E-state index contributed by atoms with van der Waals surface area (Å²) in [6.45, 7) is 1.66. The summed E-state index contributed by atoms with van der Waals surface area (Å²) in [7, 11) is 2.63. The van der Waals surface area contributed by atoms with Crippen molar-refractivity contribution in [3.8, 4) is 0 Å². The van der Waals surface area contributed by atoms with Crippen LogP contribution in [0.2, 0.25) is 0 Å². The SMILES string of the molecule is [CH2-]OC(F)(F)CCC.[Y]. The van der Waals surface area contributed by atoms with E-state index in [1.54, 1.807) is 6.92 Å². The summed E-state index contributed by atoms with van der Waals surface area (Å²) in [5.41, 5.74) is 0. The third-order valence-electron chi connectivity index (χ3n) is 0.752. The fourth-order valence-corrected chi connectivity index (χ4v) is 0.363. The summed E-state index contributed by atoms with van der Waals surface area (Å²) >= 11 is 0. The van der Waals surface area contributed by atoms with Gasteiger partial charge in [-0.05, 0) is 6.42 Å². The van der Waals surface area contributed by atoms with E-state index in [-0.39, 0.29) is 39.1 Å². The first kappa shape index (κ1) is 12.6. The molecule has 0 aliphatic heterocycles. The van der Waals surface area contributed by atoms with E-state index < -0.39 is 6.11 Å². The Balaban J connectivity index is 0. The molecule has 0 saturated heterocycles. The molecule has 0 N–H and O–H groups in total. The van der Waals surface area contributed by atoms with Crippen LogP contribution in [0.4, 0.5) is 8.78 Å². The van der Waals surface area contributed by atoms with E-state index in [1.807, 2.05) is 0 Å². The average molecular weight is 212 g/mol. The molecule has 1 nitrogen and oxygen atoms in total. The van der Waals surface area contributed by atoms with Gasteiger partial charge in [0.1, 0.15) is 0 Å².